The topological polar surface area (TPSA) is 88.4 Å². The van der Waals surface area contributed by atoms with E-state index in [1.165, 1.54) is 18.4 Å². The number of nitrogens with one attached hydrogen (secondary N) is 2. The maximum atomic E-state index is 12.5. The summed E-state index contributed by atoms with van der Waals surface area (Å²) in [6.45, 7) is 1.90. The molecule has 2 aromatic carbocycles. The predicted molar refractivity (Wildman–Crippen MR) is 114 cm³/mol. The van der Waals surface area contributed by atoms with E-state index in [1.54, 1.807) is 36.0 Å². The minimum atomic E-state index is -3.73. The molecule has 8 heteroatoms. The van der Waals surface area contributed by atoms with Gasteiger partial charge in [-0.2, -0.15) is 0 Å². The smallest absolute Gasteiger partial charge is 0.241 e. The Balaban J connectivity index is 1.59. The van der Waals surface area contributed by atoms with Crippen LogP contribution in [0.3, 0.4) is 0 Å². The quantitative estimate of drug-likeness (QED) is 0.499. The number of benzene rings is 2. The van der Waals surface area contributed by atoms with Crippen LogP contribution in [-0.2, 0) is 21.4 Å². The Hall–Kier alpha value is -2.55. The monoisotopic (exact) mass is 430 g/mol. The fourth-order valence-electron chi connectivity index (χ4n) is 2.48. The van der Waals surface area contributed by atoms with E-state index in [0.717, 1.165) is 4.90 Å². The summed E-state index contributed by atoms with van der Waals surface area (Å²) in [6, 6.07) is 19.4. The lowest BCUT2D eigenvalue weighted by molar-refractivity contribution is -0.118. The molecule has 0 saturated heterocycles. The minimum absolute atomic E-state index is 0.0552. The van der Waals surface area contributed by atoms with Crippen molar-refractivity contribution in [2.24, 2.45) is 5.92 Å². The van der Waals surface area contributed by atoms with Gasteiger partial charge in [-0.05, 0) is 42.5 Å². The highest BCUT2D eigenvalue weighted by atomic mass is 32.2. The summed E-state index contributed by atoms with van der Waals surface area (Å²) in [6.07, 6.45) is 1.48. The van der Waals surface area contributed by atoms with Gasteiger partial charge >= 0.3 is 0 Å². The lowest BCUT2D eigenvalue weighted by Crippen LogP contribution is -2.24. The molecular formula is C21H22N2O4S2. The average molecular weight is 431 g/mol. The first-order valence-corrected chi connectivity index (χ1v) is 11.5. The normalized spacial score (nSPS) is 12.4. The Morgan fingerprint density at radius 2 is 1.86 bits per heavy atom. The van der Waals surface area contributed by atoms with Crippen LogP contribution < -0.4 is 10.0 Å². The first-order valence-electron chi connectivity index (χ1n) is 9.05. The fourth-order valence-corrected chi connectivity index (χ4v) is 4.46. The summed E-state index contributed by atoms with van der Waals surface area (Å²) in [7, 11) is -3.73. The number of furan rings is 1. The largest absolute Gasteiger partial charge is 0.468 e. The van der Waals surface area contributed by atoms with E-state index in [9.17, 15) is 13.2 Å². The van der Waals surface area contributed by atoms with Gasteiger partial charge in [0, 0.05) is 22.3 Å². The molecule has 0 spiro atoms. The lowest BCUT2D eigenvalue weighted by atomic mass is 10.2. The molecule has 3 aromatic rings. The van der Waals surface area contributed by atoms with Crippen LogP contribution in [0.5, 0.6) is 0 Å². The van der Waals surface area contributed by atoms with Crippen molar-refractivity contribution in [3.05, 3.63) is 78.8 Å². The molecule has 0 aliphatic rings. The molecule has 0 aliphatic heterocycles. The van der Waals surface area contributed by atoms with Crippen LogP contribution >= 0.6 is 11.8 Å². The third kappa shape index (κ3) is 6.22. The molecule has 0 saturated carbocycles. The molecule has 0 radical (unpaired) electrons. The molecule has 1 atom stereocenters. The van der Waals surface area contributed by atoms with Crippen LogP contribution in [0.2, 0.25) is 0 Å². The van der Waals surface area contributed by atoms with Crippen LogP contribution in [0.1, 0.15) is 12.7 Å². The second-order valence-corrected chi connectivity index (χ2v) is 9.31. The van der Waals surface area contributed by atoms with Gasteiger partial charge in [0.2, 0.25) is 15.9 Å². The van der Waals surface area contributed by atoms with Crippen molar-refractivity contribution in [2.75, 3.05) is 11.1 Å². The highest BCUT2D eigenvalue weighted by Gasteiger charge is 2.17. The molecule has 0 aliphatic carbocycles. The number of anilines is 1. The number of hydrogen-bond acceptors (Lipinski definition) is 5. The maximum Gasteiger partial charge on any atom is 0.241 e. The predicted octanol–water partition coefficient (Wildman–Crippen LogP) is 4.13. The zero-order valence-electron chi connectivity index (χ0n) is 15.9. The highest BCUT2D eigenvalue weighted by molar-refractivity contribution is 7.99. The molecule has 0 fully saturated rings. The molecule has 3 rings (SSSR count). The van der Waals surface area contributed by atoms with Gasteiger partial charge in [0.1, 0.15) is 5.76 Å². The van der Waals surface area contributed by atoms with E-state index in [4.69, 9.17) is 4.42 Å². The zero-order valence-corrected chi connectivity index (χ0v) is 17.5. The Morgan fingerprint density at radius 1 is 1.07 bits per heavy atom. The number of sulfonamides is 1. The van der Waals surface area contributed by atoms with Crippen molar-refractivity contribution in [1.29, 1.82) is 0 Å². The van der Waals surface area contributed by atoms with Gasteiger partial charge in [-0.25, -0.2) is 13.1 Å². The summed E-state index contributed by atoms with van der Waals surface area (Å²) in [5, 5.41) is 2.80. The lowest BCUT2D eigenvalue weighted by Gasteiger charge is -2.13. The van der Waals surface area contributed by atoms with Gasteiger partial charge in [-0.15, -0.1) is 11.8 Å². The van der Waals surface area contributed by atoms with E-state index in [2.05, 4.69) is 10.0 Å². The molecule has 152 valence electrons. The van der Waals surface area contributed by atoms with E-state index in [1.807, 2.05) is 37.3 Å². The van der Waals surface area contributed by atoms with E-state index >= 15 is 0 Å². The molecule has 1 heterocycles. The van der Waals surface area contributed by atoms with Gasteiger partial charge in [0.15, 0.2) is 0 Å². The van der Waals surface area contributed by atoms with Crippen LogP contribution in [-0.4, -0.2) is 20.1 Å². The van der Waals surface area contributed by atoms with Crippen LogP contribution in [0.25, 0.3) is 0 Å². The Labute approximate surface area is 174 Å². The first kappa shape index (κ1) is 21.2. The number of thioether (sulfide) groups is 1. The molecule has 6 nitrogen and oxygen atoms in total. The molecule has 0 bridgehead atoms. The van der Waals surface area contributed by atoms with E-state index < -0.39 is 10.0 Å². The fraction of sp³-hybridized carbons (Fsp3) is 0.190. The molecule has 2 N–H and O–H groups in total. The van der Waals surface area contributed by atoms with Gasteiger partial charge in [0.25, 0.3) is 0 Å². The molecule has 1 aromatic heterocycles. The second-order valence-electron chi connectivity index (χ2n) is 6.45. The average Bonchev–Trinajstić information content (AvgIpc) is 3.25. The summed E-state index contributed by atoms with van der Waals surface area (Å²) in [5.74, 6) is 0.741. The Bertz CT molecular complexity index is 1040. The highest BCUT2D eigenvalue weighted by Crippen LogP contribution is 2.22. The summed E-state index contributed by atoms with van der Waals surface area (Å²) in [5.41, 5.74) is 0.437. The van der Waals surface area contributed by atoms with Crippen molar-refractivity contribution in [2.45, 2.75) is 23.3 Å². The van der Waals surface area contributed by atoms with Crippen LogP contribution in [0.15, 0.2) is 87.2 Å². The van der Waals surface area contributed by atoms with Crippen molar-refractivity contribution < 1.29 is 17.6 Å². The van der Waals surface area contributed by atoms with Gasteiger partial charge in [-0.1, -0.05) is 31.2 Å². The summed E-state index contributed by atoms with van der Waals surface area (Å²) >= 11 is 1.60. The summed E-state index contributed by atoms with van der Waals surface area (Å²) < 4.78 is 32.6. The van der Waals surface area contributed by atoms with Crippen molar-refractivity contribution in [1.82, 2.24) is 4.72 Å². The van der Waals surface area contributed by atoms with Crippen molar-refractivity contribution in [3.8, 4) is 0 Å². The van der Waals surface area contributed by atoms with Crippen LogP contribution in [0, 0.1) is 5.92 Å². The van der Waals surface area contributed by atoms with Crippen molar-refractivity contribution in [3.63, 3.8) is 0 Å². The third-order valence-corrected chi connectivity index (χ3v) is 6.79. The first-order chi connectivity index (χ1) is 13.9. The number of carbonyl (C=O) groups is 1. The summed E-state index contributed by atoms with van der Waals surface area (Å²) in [4.78, 5) is 13.7. The number of amides is 1. The molecular weight excluding hydrogens is 408 g/mol. The third-order valence-electron chi connectivity index (χ3n) is 4.12. The van der Waals surface area contributed by atoms with Crippen molar-refractivity contribution >= 4 is 33.4 Å². The van der Waals surface area contributed by atoms with Gasteiger partial charge < -0.3 is 9.73 Å². The second kappa shape index (κ2) is 9.78. The number of carbonyl (C=O) groups excluding carboxylic acids is 1. The standard InChI is InChI=1S/C21H22N2O4S2/c1-16(15-28-19-9-3-2-4-10-19)21(24)23-17-7-5-11-20(13-17)29(25,26)22-14-18-8-6-12-27-18/h2-13,16,22H,14-15H2,1H3,(H,23,24). The van der Waals surface area contributed by atoms with Gasteiger partial charge in [-0.3, -0.25) is 4.79 Å². The molecule has 1 unspecified atom stereocenters. The minimum Gasteiger partial charge on any atom is -0.468 e. The van der Waals surface area contributed by atoms with Gasteiger partial charge in [0.05, 0.1) is 17.7 Å². The Morgan fingerprint density at radius 3 is 2.59 bits per heavy atom. The SMILES string of the molecule is CC(CSc1ccccc1)C(=O)Nc1cccc(S(=O)(=O)NCc2ccco2)c1. The molecule has 1 amide bonds. The van der Waals surface area contributed by atoms with Crippen LogP contribution in [0.4, 0.5) is 5.69 Å². The van der Waals surface area contributed by atoms with E-state index in [-0.39, 0.29) is 23.3 Å². The van der Waals surface area contributed by atoms with E-state index in [0.29, 0.717) is 17.2 Å². The number of rotatable bonds is 9. The molecule has 29 heavy (non-hydrogen) atoms. The Kier molecular flexibility index (Phi) is 7.13. The zero-order chi connectivity index (χ0) is 20.7. The maximum absolute atomic E-state index is 12.5. The number of hydrogen-bond donors (Lipinski definition) is 2.